The topological polar surface area (TPSA) is 111 Å². The molecule has 2 aromatic rings. The molecule has 0 radical (unpaired) electrons. The van der Waals surface area contributed by atoms with Gasteiger partial charge >= 0.3 is 16.2 Å². The van der Waals surface area contributed by atoms with E-state index in [1.807, 2.05) is 30.3 Å². The van der Waals surface area contributed by atoms with Crippen LogP contribution >= 0.6 is 11.3 Å². The molecule has 1 N–H and O–H groups in total. The van der Waals surface area contributed by atoms with Crippen LogP contribution in [0.5, 0.6) is 0 Å². The molecular formula is C13H10N4O4S2. The number of hydrogen-bond acceptors (Lipinski definition) is 7. The zero-order valence-corrected chi connectivity index (χ0v) is 13.4. The second-order valence-electron chi connectivity index (χ2n) is 4.38. The maximum absolute atomic E-state index is 11.8. The van der Waals surface area contributed by atoms with Crippen LogP contribution in [0.3, 0.4) is 0 Å². The number of hydrogen-bond donors (Lipinski definition) is 1. The number of aromatic nitrogens is 2. The van der Waals surface area contributed by atoms with Gasteiger partial charge in [-0.1, -0.05) is 41.7 Å². The van der Waals surface area contributed by atoms with Crippen LogP contribution in [0.4, 0.5) is 0 Å². The molecule has 0 saturated heterocycles. The third kappa shape index (κ3) is 3.27. The summed E-state index contributed by atoms with van der Waals surface area (Å²) in [7, 11) is -2.89. The number of nitrogens with zero attached hydrogens (tertiary/aromatic N) is 3. The molecule has 10 heteroatoms. The summed E-state index contributed by atoms with van der Waals surface area (Å²) in [5.41, 5.74) is 0.662. The number of carbonyl (C=O) groups is 1. The first-order valence-electron chi connectivity index (χ1n) is 6.30. The van der Waals surface area contributed by atoms with E-state index >= 15 is 0 Å². The van der Waals surface area contributed by atoms with Crippen molar-refractivity contribution in [3.05, 3.63) is 41.4 Å². The minimum absolute atomic E-state index is 0.125. The van der Waals surface area contributed by atoms with Crippen molar-refractivity contribution in [1.82, 2.24) is 14.9 Å². The highest BCUT2D eigenvalue weighted by atomic mass is 32.2. The Labute approximate surface area is 135 Å². The molecular weight excluding hydrogens is 340 g/mol. The van der Waals surface area contributed by atoms with E-state index in [0.29, 0.717) is 10.0 Å². The number of esters is 1. The van der Waals surface area contributed by atoms with E-state index in [2.05, 4.69) is 24.1 Å². The zero-order chi connectivity index (χ0) is 16.4. The second kappa shape index (κ2) is 5.89. The number of carbonyl (C=O) groups excluding carboxylic acids is 1. The lowest BCUT2D eigenvalue weighted by atomic mass is 10.2. The molecule has 3 rings (SSSR count). The molecule has 23 heavy (non-hydrogen) atoms. The van der Waals surface area contributed by atoms with Crippen molar-refractivity contribution in [2.45, 2.75) is 0 Å². The Kier molecular flexibility index (Phi) is 3.92. The van der Waals surface area contributed by atoms with E-state index in [0.717, 1.165) is 12.7 Å². The first kappa shape index (κ1) is 15.3. The van der Waals surface area contributed by atoms with Crippen LogP contribution in [-0.2, 0) is 19.7 Å². The third-order valence-electron chi connectivity index (χ3n) is 2.81. The van der Waals surface area contributed by atoms with Gasteiger partial charge in [-0.05, 0) is 6.08 Å². The molecule has 1 aromatic heterocycles. The van der Waals surface area contributed by atoms with Gasteiger partial charge in [-0.3, -0.25) is 4.72 Å². The summed E-state index contributed by atoms with van der Waals surface area (Å²) >= 11 is 1.19. The van der Waals surface area contributed by atoms with Crippen LogP contribution in [0.1, 0.15) is 5.01 Å². The first-order valence-corrected chi connectivity index (χ1v) is 8.56. The second-order valence-corrected chi connectivity index (χ2v) is 6.70. The van der Waals surface area contributed by atoms with Crippen LogP contribution in [-0.4, -0.2) is 37.4 Å². The average molecular weight is 350 g/mol. The molecule has 0 spiro atoms. The highest BCUT2D eigenvalue weighted by Crippen LogP contribution is 2.27. The number of benzene rings is 1. The number of nitrogens with one attached hydrogen (secondary N) is 1. The van der Waals surface area contributed by atoms with Crippen LogP contribution in [0.15, 0.2) is 40.8 Å². The summed E-state index contributed by atoms with van der Waals surface area (Å²) in [6.45, 7) is 0. The van der Waals surface area contributed by atoms with Gasteiger partial charge < -0.3 is 4.74 Å². The number of ether oxygens (including phenoxy) is 1. The Balaban J connectivity index is 1.99. The third-order valence-corrected chi connectivity index (χ3v) is 4.73. The molecule has 0 fully saturated rings. The summed E-state index contributed by atoms with van der Waals surface area (Å²) < 4.78 is 33.5. The van der Waals surface area contributed by atoms with Crippen molar-refractivity contribution < 1.29 is 17.9 Å². The van der Waals surface area contributed by atoms with Crippen molar-refractivity contribution in [3.63, 3.8) is 0 Å². The molecule has 0 amide bonds. The summed E-state index contributed by atoms with van der Waals surface area (Å²) in [5.74, 6) is -0.847. The van der Waals surface area contributed by atoms with E-state index in [4.69, 9.17) is 0 Å². The largest absolute Gasteiger partial charge is 0.464 e. The van der Waals surface area contributed by atoms with Gasteiger partial charge in [0.2, 0.25) is 0 Å². The number of rotatable bonds is 3. The van der Waals surface area contributed by atoms with Gasteiger partial charge in [-0.2, -0.15) is 8.42 Å². The fraction of sp³-hybridized carbons (Fsp3) is 0.0769. The van der Waals surface area contributed by atoms with E-state index in [1.54, 1.807) is 0 Å². The van der Waals surface area contributed by atoms with Crippen LogP contribution in [0.2, 0.25) is 0 Å². The lowest BCUT2D eigenvalue weighted by molar-refractivity contribution is -0.132. The molecule has 2 heterocycles. The summed E-state index contributed by atoms with van der Waals surface area (Å²) in [6.07, 6.45) is 1.27. The molecule has 118 valence electrons. The Morgan fingerprint density at radius 2 is 1.87 bits per heavy atom. The minimum atomic E-state index is -4.03. The van der Waals surface area contributed by atoms with Crippen molar-refractivity contribution in [2.24, 2.45) is 4.40 Å². The monoisotopic (exact) mass is 350 g/mol. The Morgan fingerprint density at radius 1 is 1.17 bits per heavy atom. The van der Waals surface area contributed by atoms with E-state index < -0.39 is 16.2 Å². The molecule has 1 aliphatic heterocycles. The van der Waals surface area contributed by atoms with Crippen LogP contribution in [0.25, 0.3) is 16.3 Å². The molecule has 0 atom stereocenters. The number of methoxy groups -OCH3 is 1. The normalized spacial score (nSPS) is 16.0. The SMILES string of the molecule is COC(=O)C1=NS(=O)(=O)NC(c2nnc(-c3ccccc3)s2)=C1. The predicted molar refractivity (Wildman–Crippen MR) is 84.8 cm³/mol. The summed E-state index contributed by atoms with van der Waals surface area (Å²) in [5, 5.41) is 8.95. The molecule has 0 bridgehead atoms. The highest BCUT2D eigenvalue weighted by molar-refractivity contribution is 7.88. The molecule has 1 aliphatic rings. The van der Waals surface area contributed by atoms with Crippen molar-refractivity contribution in [2.75, 3.05) is 7.11 Å². The Bertz CT molecular complexity index is 916. The van der Waals surface area contributed by atoms with Crippen molar-refractivity contribution in [1.29, 1.82) is 0 Å². The first-order chi connectivity index (χ1) is 11.0. The van der Waals surface area contributed by atoms with E-state index in [1.165, 1.54) is 17.4 Å². The van der Waals surface area contributed by atoms with Gasteiger partial charge in [0.1, 0.15) is 5.01 Å². The van der Waals surface area contributed by atoms with Crippen LogP contribution < -0.4 is 4.72 Å². The van der Waals surface area contributed by atoms with Gasteiger partial charge in [0.25, 0.3) is 0 Å². The maximum atomic E-state index is 11.8. The summed E-state index contributed by atoms with van der Waals surface area (Å²) in [4.78, 5) is 11.5. The lowest BCUT2D eigenvalue weighted by Crippen LogP contribution is -2.29. The van der Waals surface area contributed by atoms with Gasteiger partial charge in [0.15, 0.2) is 10.7 Å². The van der Waals surface area contributed by atoms with Gasteiger partial charge in [0.05, 0.1) is 12.8 Å². The van der Waals surface area contributed by atoms with Gasteiger partial charge in [0, 0.05) is 5.56 Å². The zero-order valence-electron chi connectivity index (χ0n) is 11.8. The van der Waals surface area contributed by atoms with Gasteiger partial charge in [-0.25, -0.2) is 4.79 Å². The minimum Gasteiger partial charge on any atom is -0.464 e. The standard InChI is InChI=1S/C13H10N4O4S2/c1-21-13(18)10-7-9(16-23(19,20)17-10)12-15-14-11(22-12)8-5-3-2-4-6-8/h2-7,16H,1H3. The quantitative estimate of drug-likeness (QED) is 0.827. The highest BCUT2D eigenvalue weighted by Gasteiger charge is 2.25. The molecule has 1 aromatic carbocycles. The van der Waals surface area contributed by atoms with Crippen molar-refractivity contribution >= 4 is 38.9 Å². The fourth-order valence-corrected chi connectivity index (χ4v) is 3.57. The molecule has 8 nitrogen and oxygen atoms in total. The maximum Gasteiger partial charge on any atom is 0.357 e. The van der Waals surface area contributed by atoms with Crippen LogP contribution in [0, 0.1) is 0 Å². The molecule has 0 unspecified atom stereocenters. The Hall–Kier alpha value is -2.59. The summed E-state index contributed by atoms with van der Waals surface area (Å²) in [6, 6.07) is 9.33. The smallest absolute Gasteiger partial charge is 0.357 e. The Morgan fingerprint density at radius 3 is 2.57 bits per heavy atom. The van der Waals surface area contributed by atoms with Crippen molar-refractivity contribution in [3.8, 4) is 10.6 Å². The van der Waals surface area contributed by atoms with E-state index in [9.17, 15) is 13.2 Å². The average Bonchev–Trinajstić information content (AvgIpc) is 3.03. The van der Waals surface area contributed by atoms with Gasteiger partial charge in [-0.15, -0.1) is 14.6 Å². The predicted octanol–water partition coefficient (Wildman–Crippen LogP) is 1.01. The molecule has 0 saturated carbocycles. The van der Waals surface area contributed by atoms with E-state index in [-0.39, 0.29) is 11.4 Å². The lowest BCUT2D eigenvalue weighted by Gasteiger charge is -2.11. The molecule has 0 aliphatic carbocycles. The fourth-order valence-electron chi connectivity index (χ4n) is 1.82.